The van der Waals surface area contributed by atoms with Gasteiger partial charge < -0.3 is 10.6 Å². The van der Waals surface area contributed by atoms with Crippen LogP contribution >= 0.6 is 11.3 Å². The number of carbonyl (C=O) groups excluding carboxylic acids is 1. The van der Waals surface area contributed by atoms with E-state index in [1.54, 1.807) is 11.3 Å². The molecule has 1 atom stereocenters. The minimum Gasteiger partial charge on any atom is -0.354 e. The van der Waals surface area contributed by atoms with Gasteiger partial charge in [-0.2, -0.15) is 0 Å². The quantitative estimate of drug-likeness (QED) is 0.803. The number of piperidine rings is 1. The molecule has 1 aromatic heterocycles. The zero-order valence-corrected chi connectivity index (χ0v) is 14.7. The highest BCUT2D eigenvalue weighted by molar-refractivity contribution is 7.09. The average Bonchev–Trinajstić information content (AvgIpc) is 2.91. The Kier molecular flexibility index (Phi) is 6.79. The highest BCUT2D eigenvalue weighted by Gasteiger charge is 2.25. The first kappa shape index (κ1) is 17.4. The van der Waals surface area contributed by atoms with E-state index in [0.717, 1.165) is 49.7 Å². The fourth-order valence-corrected chi connectivity index (χ4v) is 3.49. The van der Waals surface area contributed by atoms with E-state index < -0.39 is 0 Å². The largest absolute Gasteiger partial charge is 0.354 e. The molecule has 0 bridgehead atoms. The molecule has 6 heteroatoms. The van der Waals surface area contributed by atoms with Crippen LogP contribution in [-0.4, -0.2) is 48.0 Å². The van der Waals surface area contributed by atoms with Crippen LogP contribution in [0.4, 0.5) is 0 Å². The third kappa shape index (κ3) is 5.34. The van der Waals surface area contributed by atoms with Gasteiger partial charge in [0.05, 0.1) is 10.7 Å². The lowest BCUT2D eigenvalue weighted by atomic mass is 9.95. The molecule has 0 saturated carbocycles. The van der Waals surface area contributed by atoms with E-state index in [1.165, 1.54) is 0 Å². The number of likely N-dealkylation sites (N-methyl/N-ethyl adjacent to an activating group) is 1. The van der Waals surface area contributed by atoms with Gasteiger partial charge in [-0.1, -0.05) is 6.92 Å². The van der Waals surface area contributed by atoms with Crippen LogP contribution in [-0.2, 0) is 11.3 Å². The van der Waals surface area contributed by atoms with Crippen LogP contribution in [0, 0.1) is 12.8 Å². The number of rotatable bonds is 7. The number of nitrogens with one attached hydrogen (secondary N) is 2. The number of thiazole rings is 1. The Morgan fingerprint density at radius 3 is 2.82 bits per heavy atom. The second-order valence-corrected chi connectivity index (χ2v) is 7.17. The summed E-state index contributed by atoms with van der Waals surface area (Å²) in [5.74, 6) is 0.385. The Labute approximate surface area is 137 Å². The van der Waals surface area contributed by atoms with Crippen LogP contribution in [0.5, 0.6) is 0 Å². The topological polar surface area (TPSA) is 57.3 Å². The molecule has 1 aliphatic rings. The summed E-state index contributed by atoms with van der Waals surface area (Å²) in [6.45, 7) is 10.8. The normalized spacial score (nSPS) is 18.3. The molecule has 2 N–H and O–H groups in total. The molecule has 1 fully saturated rings. The van der Waals surface area contributed by atoms with Gasteiger partial charge in [0.2, 0.25) is 5.91 Å². The van der Waals surface area contributed by atoms with Crippen LogP contribution in [0.25, 0.3) is 0 Å². The van der Waals surface area contributed by atoms with Crippen molar-refractivity contribution < 1.29 is 4.79 Å². The van der Waals surface area contributed by atoms with Crippen LogP contribution in [0.15, 0.2) is 5.38 Å². The van der Waals surface area contributed by atoms with Crippen molar-refractivity contribution in [2.75, 3.05) is 26.2 Å². The van der Waals surface area contributed by atoms with Gasteiger partial charge in [0, 0.05) is 30.4 Å². The lowest BCUT2D eigenvalue weighted by molar-refractivity contribution is -0.126. The SMILES string of the molecule is CCN[C@H](C)CNC(=O)C1CCN(Cc2csc(C)n2)CC1. The average molecular weight is 324 g/mol. The molecule has 1 amide bonds. The van der Waals surface area contributed by atoms with Crippen LogP contribution in [0.2, 0.25) is 0 Å². The van der Waals surface area contributed by atoms with Crippen molar-refractivity contribution >= 4 is 17.2 Å². The molecule has 1 aliphatic heterocycles. The fourth-order valence-electron chi connectivity index (χ4n) is 2.88. The Morgan fingerprint density at radius 1 is 1.50 bits per heavy atom. The monoisotopic (exact) mass is 324 g/mol. The Bertz CT molecular complexity index is 468. The first-order valence-electron chi connectivity index (χ1n) is 8.23. The molecular weight excluding hydrogens is 296 g/mol. The molecule has 5 nitrogen and oxygen atoms in total. The number of likely N-dealkylation sites (tertiary alicyclic amines) is 1. The fraction of sp³-hybridized carbons (Fsp3) is 0.750. The van der Waals surface area contributed by atoms with E-state index >= 15 is 0 Å². The van der Waals surface area contributed by atoms with E-state index in [2.05, 4.69) is 39.7 Å². The van der Waals surface area contributed by atoms with Crippen LogP contribution in [0.3, 0.4) is 0 Å². The second-order valence-electron chi connectivity index (χ2n) is 6.11. The smallest absolute Gasteiger partial charge is 0.223 e. The van der Waals surface area contributed by atoms with E-state index in [-0.39, 0.29) is 11.8 Å². The third-order valence-electron chi connectivity index (χ3n) is 4.15. The van der Waals surface area contributed by atoms with Crippen molar-refractivity contribution in [2.24, 2.45) is 5.92 Å². The number of aryl methyl sites for hydroxylation is 1. The second kappa shape index (κ2) is 8.60. The first-order valence-corrected chi connectivity index (χ1v) is 9.11. The highest BCUT2D eigenvalue weighted by atomic mass is 32.1. The molecule has 2 heterocycles. The molecule has 0 aliphatic carbocycles. The summed E-state index contributed by atoms with van der Waals surface area (Å²) in [5.41, 5.74) is 1.16. The Hall–Kier alpha value is -0.980. The summed E-state index contributed by atoms with van der Waals surface area (Å²) in [5, 5.41) is 9.64. The maximum Gasteiger partial charge on any atom is 0.223 e. The maximum absolute atomic E-state index is 12.2. The molecule has 0 aromatic carbocycles. The number of aromatic nitrogens is 1. The van der Waals surface area contributed by atoms with Gasteiger partial charge in [-0.25, -0.2) is 4.98 Å². The van der Waals surface area contributed by atoms with Gasteiger partial charge in [-0.15, -0.1) is 11.3 Å². The van der Waals surface area contributed by atoms with E-state index in [4.69, 9.17) is 0 Å². The number of amides is 1. The van der Waals surface area contributed by atoms with Crippen molar-refractivity contribution in [3.8, 4) is 0 Å². The minimum atomic E-state index is 0.169. The number of nitrogens with zero attached hydrogens (tertiary/aromatic N) is 2. The maximum atomic E-state index is 12.2. The number of carbonyl (C=O) groups is 1. The zero-order chi connectivity index (χ0) is 15.9. The predicted octanol–water partition coefficient (Wildman–Crippen LogP) is 1.78. The summed E-state index contributed by atoms with van der Waals surface area (Å²) < 4.78 is 0. The molecular formula is C16H28N4OS. The van der Waals surface area contributed by atoms with E-state index in [9.17, 15) is 4.79 Å². The molecule has 2 rings (SSSR count). The van der Waals surface area contributed by atoms with Crippen molar-refractivity contribution in [1.29, 1.82) is 0 Å². The minimum absolute atomic E-state index is 0.169. The van der Waals surface area contributed by atoms with Crippen molar-refractivity contribution in [2.45, 2.75) is 46.2 Å². The lowest BCUT2D eigenvalue weighted by Gasteiger charge is -2.31. The summed E-state index contributed by atoms with van der Waals surface area (Å²) >= 11 is 1.70. The van der Waals surface area contributed by atoms with Gasteiger partial charge in [0.25, 0.3) is 0 Å². The molecule has 124 valence electrons. The first-order chi connectivity index (χ1) is 10.6. The molecule has 22 heavy (non-hydrogen) atoms. The summed E-state index contributed by atoms with van der Waals surface area (Å²) in [7, 11) is 0. The summed E-state index contributed by atoms with van der Waals surface area (Å²) in [6.07, 6.45) is 1.90. The standard InChI is InChI=1S/C16H28N4OS/c1-4-17-12(2)9-18-16(21)14-5-7-20(8-6-14)10-15-11-22-13(3)19-15/h11-12,14,17H,4-10H2,1-3H3,(H,18,21)/t12-/m1/s1. The van der Waals surface area contributed by atoms with E-state index in [1.807, 2.05) is 6.92 Å². The molecule has 0 radical (unpaired) electrons. The van der Waals surface area contributed by atoms with Gasteiger partial charge in [0.15, 0.2) is 0 Å². The highest BCUT2D eigenvalue weighted by Crippen LogP contribution is 2.19. The number of hydrogen-bond acceptors (Lipinski definition) is 5. The zero-order valence-electron chi connectivity index (χ0n) is 13.9. The van der Waals surface area contributed by atoms with Gasteiger partial charge in [-0.3, -0.25) is 9.69 Å². The van der Waals surface area contributed by atoms with Crippen molar-refractivity contribution in [1.82, 2.24) is 20.5 Å². The summed E-state index contributed by atoms with van der Waals surface area (Å²) in [4.78, 5) is 19.1. The molecule has 1 saturated heterocycles. The Morgan fingerprint density at radius 2 is 2.23 bits per heavy atom. The van der Waals surface area contributed by atoms with Crippen molar-refractivity contribution in [3.63, 3.8) is 0 Å². The van der Waals surface area contributed by atoms with Gasteiger partial charge in [0.1, 0.15) is 0 Å². The van der Waals surface area contributed by atoms with E-state index in [0.29, 0.717) is 12.6 Å². The molecule has 0 spiro atoms. The van der Waals surface area contributed by atoms with Crippen LogP contribution < -0.4 is 10.6 Å². The van der Waals surface area contributed by atoms with Gasteiger partial charge >= 0.3 is 0 Å². The Balaban J connectivity index is 1.69. The number of hydrogen-bond donors (Lipinski definition) is 2. The summed E-state index contributed by atoms with van der Waals surface area (Å²) in [6, 6.07) is 0.335. The predicted molar refractivity (Wildman–Crippen MR) is 91.0 cm³/mol. The van der Waals surface area contributed by atoms with Crippen LogP contribution in [0.1, 0.15) is 37.4 Å². The third-order valence-corrected chi connectivity index (χ3v) is 4.97. The molecule has 1 aromatic rings. The lowest BCUT2D eigenvalue weighted by Crippen LogP contribution is -2.44. The molecule has 0 unspecified atom stereocenters. The van der Waals surface area contributed by atoms with Gasteiger partial charge in [-0.05, 0) is 46.3 Å². The van der Waals surface area contributed by atoms with Crippen molar-refractivity contribution in [3.05, 3.63) is 16.1 Å².